The third-order valence-corrected chi connectivity index (χ3v) is 4.15. The summed E-state index contributed by atoms with van der Waals surface area (Å²) in [5, 5.41) is 7.20. The largest absolute Gasteiger partial charge is 0.439 e. The number of amides is 1. The van der Waals surface area contributed by atoms with Gasteiger partial charge in [0.15, 0.2) is 0 Å². The van der Waals surface area contributed by atoms with Gasteiger partial charge in [-0.15, -0.1) is 0 Å². The van der Waals surface area contributed by atoms with Gasteiger partial charge in [-0.2, -0.15) is 13.2 Å². The molecule has 0 saturated heterocycles. The first-order chi connectivity index (χ1) is 13.0. The van der Waals surface area contributed by atoms with Gasteiger partial charge in [0.1, 0.15) is 11.4 Å². The Hall–Kier alpha value is -2.70. The second-order valence-electron chi connectivity index (χ2n) is 5.65. The lowest BCUT2D eigenvalue weighted by Gasteiger charge is -2.12. The molecule has 1 amide bonds. The molecule has 0 atom stereocenters. The average molecular weight is 418 g/mol. The van der Waals surface area contributed by atoms with Crippen LogP contribution in [0.1, 0.15) is 21.6 Å². The van der Waals surface area contributed by atoms with Gasteiger partial charge in [-0.1, -0.05) is 6.07 Å². The summed E-state index contributed by atoms with van der Waals surface area (Å²) >= 11 is 0. The second kappa shape index (κ2) is 8.54. The maximum absolute atomic E-state index is 12.9. The zero-order chi connectivity index (χ0) is 20.9. The van der Waals surface area contributed by atoms with Crippen LogP contribution in [0.3, 0.4) is 0 Å². The number of carbonyl (C=O) groups excluding carboxylic acids is 1. The van der Waals surface area contributed by atoms with E-state index < -0.39 is 33.6 Å². The van der Waals surface area contributed by atoms with Crippen molar-refractivity contribution in [2.24, 2.45) is 10.9 Å². The van der Waals surface area contributed by atoms with Crippen molar-refractivity contribution < 1.29 is 31.1 Å². The molecule has 5 N–H and O–H groups in total. The van der Waals surface area contributed by atoms with Crippen LogP contribution in [-0.2, 0) is 22.7 Å². The van der Waals surface area contributed by atoms with Crippen LogP contribution in [0.4, 0.5) is 13.2 Å². The van der Waals surface area contributed by atoms with Gasteiger partial charge in [0, 0.05) is 24.7 Å². The predicted molar refractivity (Wildman–Crippen MR) is 94.0 cm³/mol. The molecule has 0 radical (unpaired) electrons. The first-order valence-electron chi connectivity index (χ1n) is 7.83. The molecule has 0 spiro atoms. The van der Waals surface area contributed by atoms with Crippen molar-refractivity contribution in [1.29, 1.82) is 0 Å². The Morgan fingerprint density at radius 2 is 1.93 bits per heavy atom. The van der Waals surface area contributed by atoms with Crippen molar-refractivity contribution in [1.82, 2.24) is 10.3 Å². The number of rotatable bonds is 7. The molecule has 2 rings (SSSR count). The molecule has 1 aromatic carbocycles. The molecule has 1 heterocycles. The molecule has 0 aliphatic heterocycles. The number of nitrogens with zero attached hydrogens (tertiary/aromatic N) is 1. The van der Waals surface area contributed by atoms with Gasteiger partial charge in [-0.3, -0.25) is 4.79 Å². The lowest BCUT2D eigenvalue weighted by atomic mass is 10.2. The number of pyridine rings is 1. The van der Waals surface area contributed by atoms with Crippen LogP contribution >= 0.6 is 0 Å². The van der Waals surface area contributed by atoms with Crippen molar-refractivity contribution in [2.75, 3.05) is 12.3 Å². The summed E-state index contributed by atoms with van der Waals surface area (Å²) in [5.41, 5.74) is 4.54. The van der Waals surface area contributed by atoms with Crippen LogP contribution in [0.5, 0.6) is 11.6 Å². The minimum absolute atomic E-state index is 0.0638. The van der Waals surface area contributed by atoms with Crippen molar-refractivity contribution in [3.8, 4) is 11.6 Å². The minimum atomic E-state index is -4.67. The first kappa shape index (κ1) is 21.6. The van der Waals surface area contributed by atoms with Crippen molar-refractivity contribution in [3.63, 3.8) is 0 Å². The molecule has 152 valence electrons. The number of hydrogen-bond donors (Lipinski definition) is 3. The molecular formula is C16H17F3N4O4S. The summed E-state index contributed by atoms with van der Waals surface area (Å²) in [7, 11) is -3.72. The Labute approximate surface area is 158 Å². The number of nitrogens with two attached hydrogens (primary N) is 2. The van der Waals surface area contributed by atoms with Crippen molar-refractivity contribution >= 4 is 15.9 Å². The number of primary sulfonamides is 1. The molecule has 0 fully saturated rings. The highest BCUT2D eigenvalue weighted by molar-refractivity contribution is 7.89. The average Bonchev–Trinajstić information content (AvgIpc) is 2.59. The number of nitrogens with one attached hydrogen (secondary N) is 1. The fourth-order valence-electron chi connectivity index (χ4n) is 2.10. The van der Waals surface area contributed by atoms with Gasteiger partial charge >= 0.3 is 6.18 Å². The van der Waals surface area contributed by atoms with Crippen LogP contribution in [0.15, 0.2) is 36.4 Å². The van der Waals surface area contributed by atoms with Gasteiger partial charge in [-0.05, 0) is 29.8 Å². The van der Waals surface area contributed by atoms with E-state index in [0.717, 1.165) is 6.07 Å². The van der Waals surface area contributed by atoms with Crippen LogP contribution in [0.2, 0.25) is 0 Å². The van der Waals surface area contributed by atoms with Crippen molar-refractivity contribution in [3.05, 3.63) is 53.2 Å². The lowest BCUT2D eigenvalue weighted by molar-refractivity contribution is -0.141. The number of sulfonamides is 1. The maximum atomic E-state index is 12.9. The number of benzene rings is 1. The SMILES string of the molecule is NCc1cc(Oc2cccc(C(=O)NCCS(N)(=O)=O)c2)nc(C(F)(F)F)c1. The third-order valence-electron chi connectivity index (χ3n) is 3.38. The minimum Gasteiger partial charge on any atom is -0.439 e. The van der Waals surface area contributed by atoms with Gasteiger partial charge in [0.2, 0.25) is 15.9 Å². The highest BCUT2D eigenvalue weighted by Gasteiger charge is 2.33. The summed E-state index contributed by atoms with van der Waals surface area (Å²) in [5.74, 6) is -1.31. The van der Waals surface area contributed by atoms with Crippen LogP contribution < -0.4 is 20.9 Å². The molecule has 1 aromatic heterocycles. The van der Waals surface area contributed by atoms with Crippen LogP contribution in [0.25, 0.3) is 0 Å². The molecule has 12 heteroatoms. The summed E-state index contributed by atoms with van der Waals surface area (Å²) in [6.07, 6.45) is -4.67. The summed E-state index contributed by atoms with van der Waals surface area (Å²) in [6, 6.07) is 7.64. The second-order valence-corrected chi connectivity index (χ2v) is 7.39. The van der Waals surface area contributed by atoms with Crippen molar-refractivity contribution in [2.45, 2.75) is 12.7 Å². The summed E-state index contributed by atoms with van der Waals surface area (Å²) < 4.78 is 65.9. The fraction of sp³-hybridized carbons (Fsp3) is 0.250. The molecular weight excluding hydrogens is 401 g/mol. The van der Waals surface area contributed by atoms with E-state index in [0.29, 0.717) is 0 Å². The van der Waals surface area contributed by atoms with E-state index in [1.54, 1.807) is 0 Å². The molecule has 8 nitrogen and oxygen atoms in total. The Morgan fingerprint density at radius 3 is 2.54 bits per heavy atom. The third kappa shape index (κ3) is 6.48. The molecule has 0 unspecified atom stereocenters. The molecule has 28 heavy (non-hydrogen) atoms. The summed E-state index contributed by atoms with van der Waals surface area (Å²) in [6.45, 7) is -0.341. The first-order valence-corrected chi connectivity index (χ1v) is 9.54. The lowest BCUT2D eigenvalue weighted by Crippen LogP contribution is -2.31. The Bertz CT molecular complexity index is 965. The smallest absolute Gasteiger partial charge is 0.433 e. The highest BCUT2D eigenvalue weighted by atomic mass is 32.2. The van der Waals surface area contributed by atoms with Gasteiger partial charge in [0.25, 0.3) is 5.91 Å². The molecule has 0 saturated carbocycles. The van der Waals surface area contributed by atoms with E-state index in [2.05, 4.69) is 10.3 Å². The Kier molecular flexibility index (Phi) is 6.59. The normalized spacial score (nSPS) is 11.9. The van der Waals surface area contributed by atoms with Gasteiger partial charge in [-0.25, -0.2) is 18.5 Å². The van der Waals surface area contributed by atoms with E-state index in [1.807, 2.05) is 0 Å². The van der Waals surface area contributed by atoms with E-state index in [4.69, 9.17) is 15.6 Å². The Balaban J connectivity index is 2.17. The standard InChI is InChI=1S/C16H17F3N4O4S/c17-16(18,19)13-6-10(9-20)7-14(23-13)27-12-3-1-2-11(8-12)15(24)22-4-5-28(21,25)26/h1-3,6-8H,4-5,9,20H2,(H,22,24)(H2,21,25,26). The fourth-order valence-corrected chi connectivity index (χ4v) is 2.49. The van der Waals surface area contributed by atoms with Crippen LogP contribution in [0, 0.1) is 0 Å². The summed E-state index contributed by atoms with van der Waals surface area (Å²) in [4.78, 5) is 15.5. The van der Waals surface area contributed by atoms with E-state index >= 15 is 0 Å². The van der Waals surface area contributed by atoms with E-state index in [-0.39, 0.29) is 35.8 Å². The molecule has 0 aliphatic rings. The number of carbonyl (C=O) groups is 1. The number of ether oxygens (including phenoxy) is 1. The topological polar surface area (TPSA) is 137 Å². The molecule has 0 bridgehead atoms. The Morgan fingerprint density at radius 1 is 1.21 bits per heavy atom. The maximum Gasteiger partial charge on any atom is 0.433 e. The van der Waals surface area contributed by atoms with Gasteiger partial charge < -0.3 is 15.8 Å². The highest BCUT2D eigenvalue weighted by Crippen LogP contribution is 2.31. The molecule has 2 aromatic rings. The number of aromatic nitrogens is 1. The number of hydrogen-bond acceptors (Lipinski definition) is 6. The number of alkyl halides is 3. The quantitative estimate of drug-likeness (QED) is 0.621. The molecule has 0 aliphatic carbocycles. The van der Waals surface area contributed by atoms with Crippen LogP contribution in [-0.4, -0.2) is 31.6 Å². The predicted octanol–water partition coefficient (Wildman–Crippen LogP) is 1.37. The monoisotopic (exact) mass is 418 g/mol. The van der Waals surface area contributed by atoms with E-state index in [9.17, 15) is 26.4 Å². The van der Waals surface area contributed by atoms with E-state index in [1.165, 1.54) is 30.3 Å². The zero-order valence-corrected chi connectivity index (χ0v) is 15.2. The number of halogens is 3. The zero-order valence-electron chi connectivity index (χ0n) is 14.4. The van der Waals surface area contributed by atoms with Gasteiger partial charge in [0.05, 0.1) is 5.75 Å².